The number of benzene rings is 3. The van der Waals surface area contributed by atoms with Gasteiger partial charge < -0.3 is 0 Å². The molecular formula is C22H15FO2. The van der Waals surface area contributed by atoms with E-state index in [1.807, 2.05) is 30.3 Å². The van der Waals surface area contributed by atoms with Gasteiger partial charge in [0.25, 0.3) is 0 Å². The summed E-state index contributed by atoms with van der Waals surface area (Å²) in [6.07, 6.45) is 0. The number of fused-ring (bicyclic) bond motifs is 1. The molecule has 0 spiro atoms. The van der Waals surface area contributed by atoms with Crippen molar-refractivity contribution >= 4 is 11.6 Å². The Labute approximate surface area is 144 Å². The van der Waals surface area contributed by atoms with E-state index in [2.05, 4.69) is 0 Å². The molecule has 1 aliphatic carbocycles. The van der Waals surface area contributed by atoms with E-state index in [-0.39, 0.29) is 17.4 Å². The molecule has 122 valence electrons. The number of hydrogen-bond donors (Lipinski definition) is 0. The zero-order valence-corrected chi connectivity index (χ0v) is 13.4. The number of rotatable bonds is 3. The van der Waals surface area contributed by atoms with Crippen molar-refractivity contribution in [1.82, 2.24) is 0 Å². The van der Waals surface area contributed by atoms with Gasteiger partial charge in [0.15, 0.2) is 11.6 Å². The molecule has 3 aromatic rings. The van der Waals surface area contributed by atoms with Crippen LogP contribution < -0.4 is 0 Å². The predicted octanol–water partition coefficient (Wildman–Crippen LogP) is 4.65. The Morgan fingerprint density at radius 3 is 1.68 bits per heavy atom. The highest BCUT2D eigenvalue weighted by Crippen LogP contribution is 2.40. The maximum Gasteiger partial charge on any atom is 0.175 e. The molecule has 0 N–H and O–H groups in total. The van der Waals surface area contributed by atoms with E-state index in [0.717, 1.165) is 11.1 Å². The second-order valence-corrected chi connectivity index (χ2v) is 6.19. The first-order valence-electron chi connectivity index (χ1n) is 8.14. The molecule has 0 aromatic heterocycles. The Hall–Kier alpha value is -3.07. The van der Waals surface area contributed by atoms with Crippen LogP contribution in [0.1, 0.15) is 37.8 Å². The van der Waals surface area contributed by atoms with Gasteiger partial charge in [-0.15, -0.1) is 0 Å². The molecule has 0 fully saturated rings. The van der Waals surface area contributed by atoms with Crippen molar-refractivity contribution in [3.8, 4) is 0 Å². The molecule has 0 bridgehead atoms. The molecule has 0 radical (unpaired) electrons. The van der Waals surface area contributed by atoms with E-state index in [9.17, 15) is 14.0 Å². The molecule has 1 unspecified atom stereocenters. The van der Waals surface area contributed by atoms with Crippen molar-refractivity contribution in [3.63, 3.8) is 0 Å². The van der Waals surface area contributed by atoms with Gasteiger partial charge in [0.05, 0.1) is 5.92 Å². The Bertz CT molecular complexity index is 910. The lowest BCUT2D eigenvalue weighted by Gasteiger charge is -2.22. The van der Waals surface area contributed by atoms with E-state index in [1.165, 1.54) is 12.1 Å². The minimum absolute atomic E-state index is 0.168. The zero-order chi connectivity index (χ0) is 17.4. The van der Waals surface area contributed by atoms with Crippen LogP contribution in [0.2, 0.25) is 0 Å². The van der Waals surface area contributed by atoms with Gasteiger partial charge in [0, 0.05) is 17.0 Å². The molecule has 4 rings (SSSR count). The van der Waals surface area contributed by atoms with Gasteiger partial charge >= 0.3 is 0 Å². The third-order valence-corrected chi connectivity index (χ3v) is 4.74. The largest absolute Gasteiger partial charge is 0.293 e. The number of carbonyl (C=O) groups excluding carboxylic acids is 2. The number of carbonyl (C=O) groups is 2. The molecular weight excluding hydrogens is 315 g/mol. The summed E-state index contributed by atoms with van der Waals surface area (Å²) in [6, 6.07) is 22.4. The Morgan fingerprint density at radius 2 is 1.12 bits per heavy atom. The molecule has 1 aliphatic rings. The van der Waals surface area contributed by atoms with Crippen LogP contribution in [0.3, 0.4) is 0 Å². The Morgan fingerprint density at radius 1 is 0.640 bits per heavy atom. The molecule has 1 atom stereocenters. The fourth-order valence-electron chi connectivity index (χ4n) is 3.58. The highest BCUT2D eigenvalue weighted by Gasteiger charge is 2.44. The fraction of sp³-hybridized carbons (Fsp3) is 0.0909. The van der Waals surface area contributed by atoms with Crippen molar-refractivity contribution in [2.75, 3.05) is 0 Å². The van der Waals surface area contributed by atoms with Gasteiger partial charge in [-0.05, 0) is 23.3 Å². The minimum atomic E-state index is -0.815. The molecule has 0 saturated heterocycles. The van der Waals surface area contributed by atoms with Crippen LogP contribution in [-0.2, 0) is 0 Å². The summed E-state index contributed by atoms with van der Waals surface area (Å²) in [6.45, 7) is 0. The number of Topliss-reactive ketones (excluding diaryl/α,β-unsaturated/α-hetero) is 2. The molecule has 0 aliphatic heterocycles. The summed E-state index contributed by atoms with van der Waals surface area (Å²) < 4.78 is 13.4. The zero-order valence-electron chi connectivity index (χ0n) is 13.4. The quantitative estimate of drug-likeness (QED) is 0.655. The third-order valence-electron chi connectivity index (χ3n) is 4.74. The van der Waals surface area contributed by atoms with Crippen molar-refractivity contribution in [1.29, 1.82) is 0 Å². The van der Waals surface area contributed by atoms with E-state index in [1.54, 1.807) is 36.4 Å². The predicted molar refractivity (Wildman–Crippen MR) is 93.3 cm³/mol. The highest BCUT2D eigenvalue weighted by molar-refractivity contribution is 6.27. The second kappa shape index (κ2) is 6.10. The molecule has 0 saturated carbocycles. The van der Waals surface area contributed by atoms with E-state index >= 15 is 0 Å². The monoisotopic (exact) mass is 330 g/mol. The first kappa shape index (κ1) is 15.5. The standard InChI is InChI=1S/C22H15FO2/c23-16-12-10-15(11-13-16)19(14-6-2-1-3-7-14)20-21(24)17-8-4-5-9-18(17)22(20)25/h1-13,19-20H. The summed E-state index contributed by atoms with van der Waals surface area (Å²) in [7, 11) is 0. The number of hydrogen-bond acceptors (Lipinski definition) is 2. The van der Waals surface area contributed by atoms with Crippen LogP contribution in [0, 0.1) is 11.7 Å². The van der Waals surface area contributed by atoms with Gasteiger partial charge in [0.1, 0.15) is 5.82 Å². The smallest absolute Gasteiger partial charge is 0.175 e. The summed E-state index contributed by atoms with van der Waals surface area (Å²) in [5.41, 5.74) is 2.57. The van der Waals surface area contributed by atoms with Gasteiger partial charge in [-0.25, -0.2) is 4.39 Å². The first-order valence-corrected chi connectivity index (χ1v) is 8.14. The molecule has 3 aromatic carbocycles. The Balaban J connectivity index is 1.86. The van der Waals surface area contributed by atoms with Crippen molar-refractivity contribution in [2.24, 2.45) is 5.92 Å². The lowest BCUT2D eigenvalue weighted by molar-refractivity contribution is 0.0825. The lowest BCUT2D eigenvalue weighted by atomic mass is 9.78. The summed E-state index contributed by atoms with van der Waals surface area (Å²) >= 11 is 0. The Kier molecular flexibility index (Phi) is 3.77. The topological polar surface area (TPSA) is 34.1 Å². The fourth-order valence-corrected chi connectivity index (χ4v) is 3.58. The van der Waals surface area contributed by atoms with Crippen molar-refractivity contribution < 1.29 is 14.0 Å². The number of halogens is 1. The van der Waals surface area contributed by atoms with Gasteiger partial charge in [-0.2, -0.15) is 0 Å². The minimum Gasteiger partial charge on any atom is -0.293 e. The van der Waals surface area contributed by atoms with Crippen LogP contribution in [0.5, 0.6) is 0 Å². The molecule has 0 amide bonds. The SMILES string of the molecule is O=C1c2ccccc2C(=O)C1C(c1ccccc1)c1ccc(F)cc1. The summed E-state index contributed by atoms with van der Waals surface area (Å²) in [5, 5.41) is 0. The molecule has 2 nitrogen and oxygen atoms in total. The molecule has 0 heterocycles. The van der Waals surface area contributed by atoms with Crippen LogP contribution in [0.4, 0.5) is 4.39 Å². The summed E-state index contributed by atoms with van der Waals surface area (Å²) in [4.78, 5) is 25.9. The second-order valence-electron chi connectivity index (χ2n) is 6.19. The van der Waals surface area contributed by atoms with Crippen molar-refractivity contribution in [3.05, 3.63) is 107 Å². The maximum absolute atomic E-state index is 13.4. The highest BCUT2D eigenvalue weighted by atomic mass is 19.1. The normalized spacial score (nSPS) is 15.2. The van der Waals surface area contributed by atoms with E-state index < -0.39 is 11.8 Å². The van der Waals surface area contributed by atoms with E-state index in [0.29, 0.717) is 11.1 Å². The first-order chi connectivity index (χ1) is 12.2. The number of ketones is 2. The molecule has 25 heavy (non-hydrogen) atoms. The lowest BCUT2D eigenvalue weighted by Crippen LogP contribution is -2.25. The summed E-state index contributed by atoms with van der Waals surface area (Å²) in [5.74, 6) is -1.93. The van der Waals surface area contributed by atoms with Gasteiger partial charge in [-0.1, -0.05) is 66.7 Å². The molecule has 3 heteroatoms. The van der Waals surface area contributed by atoms with Crippen LogP contribution in [0.25, 0.3) is 0 Å². The van der Waals surface area contributed by atoms with Crippen LogP contribution in [0.15, 0.2) is 78.9 Å². The van der Waals surface area contributed by atoms with Gasteiger partial charge in [0.2, 0.25) is 0 Å². The van der Waals surface area contributed by atoms with E-state index in [4.69, 9.17) is 0 Å². The third kappa shape index (κ3) is 2.58. The average molecular weight is 330 g/mol. The van der Waals surface area contributed by atoms with Gasteiger partial charge in [-0.3, -0.25) is 9.59 Å². The maximum atomic E-state index is 13.4. The average Bonchev–Trinajstić information content (AvgIpc) is 2.90. The van der Waals surface area contributed by atoms with Crippen molar-refractivity contribution in [2.45, 2.75) is 5.92 Å². The van der Waals surface area contributed by atoms with Crippen LogP contribution >= 0.6 is 0 Å². The van der Waals surface area contributed by atoms with Crippen LogP contribution in [-0.4, -0.2) is 11.6 Å².